The molecule has 2 aromatic rings. The van der Waals surface area contributed by atoms with Crippen LogP contribution >= 0.6 is 0 Å². The number of pyridine rings is 1. The Bertz CT molecular complexity index is 874. The first-order valence-electron chi connectivity index (χ1n) is 10.4. The van der Waals surface area contributed by atoms with Gasteiger partial charge in [-0.1, -0.05) is 20.8 Å². The van der Waals surface area contributed by atoms with Gasteiger partial charge < -0.3 is 14.8 Å². The van der Waals surface area contributed by atoms with Gasteiger partial charge in [0.25, 0.3) is 0 Å². The number of carbonyl (C=O) groups excluding carboxylic acids is 2. The summed E-state index contributed by atoms with van der Waals surface area (Å²) < 4.78 is 0. The van der Waals surface area contributed by atoms with E-state index in [-0.39, 0.29) is 17.9 Å². The zero-order valence-electron chi connectivity index (χ0n) is 17.1. The van der Waals surface area contributed by atoms with Gasteiger partial charge in [-0.05, 0) is 49.3 Å². The highest BCUT2D eigenvalue weighted by Crippen LogP contribution is 2.34. The van der Waals surface area contributed by atoms with E-state index in [1.54, 1.807) is 6.20 Å². The second-order valence-corrected chi connectivity index (χ2v) is 9.15. The van der Waals surface area contributed by atoms with Gasteiger partial charge in [0.1, 0.15) is 11.7 Å². The summed E-state index contributed by atoms with van der Waals surface area (Å²) in [7, 11) is 0. The van der Waals surface area contributed by atoms with Gasteiger partial charge in [0.15, 0.2) is 0 Å². The Kier molecular flexibility index (Phi) is 4.89. The third kappa shape index (κ3) is 3.40. The zero-order valence-corrected chi connectivity index (χ0v) is 17.1. The number of piperidine rings is 1. The van der Waals surface area contributed by atoms with Gasteiger partial charge in [0.2, 0.25) is 11.8 Å². The minimum atomic E-state index is -0.445. The number of carbonyl (C=O) groups is 2. The molecular weight excluding hydrogens is 352 g/mol. The largest absolute Gasteiger partial charge is 0.346 e. The number of H-pyrrole nitrogens is 1. The SMILES string of the molecule is CC(C)(C)C(=O)N1CCCC1C(=O)N1CCC(c2c[nH]c3ncccc23)CC1. The number of nitrogens with one attached hydrogen (secondary N) is 1. The maximum Gasteiger partial charge on any atom is 0.245 e. The molecule has 28 heavy (non-hydrogen) atoms. The maximum atomic E-state index is 13.2. The molecule has 1 atom stereocenters. The summed E-state index contributed by atoms with van der Waals surface area (Å²) in [5, 5.41) is 1.19. The van der Waals surface area contributed by atoms with Crippen LogP contribution in [0.25, 0.3) is 11.0 Å². The first-order valence-corrected chi connectivity index (χ1v) is 10.4. The van der Waals surface area contributed by atoms with E-state index >= 15 is 0 Å². The molecule has 1 unspecified atom stereocenters. The molecule has 2 amide bonds. The van der Waals surface area contributed by atoms with Crippen LogP contribution in [0.4, 0.5) is 0 Å². The Morgan fingerprint density at radius 1 is 1.14 bits per heavy atom. The molecular formula is C22H30N4O2. The third-order valence-corrected chi connectivity index (χ3v) is 6.17. The molecule has 0 aliphatic carbocycles. The molecule has 2 aromatic heterocycles. The van der Waals surface area contributed by atoms with E-state index in [4.69, 9.17) is 0 Å². The minimum absolute atomic E-state index is 0.0875. The molecule has 2 fully saturated rings. The fourth-order valence-electron chi connectivity index (χ4n) is 4.63. The van der Waals surface area contributed by atoms with Crippen LogP contribution in [0.2, 0.25) is 0 Å². The Hall–Kier alpha value is -2.37. The van der Waals surface area contributed by atoms with E-state index < -0.39 is 5.41 Å². The first kappa shape index (κ1) is 19.0. The van der Waals surface area contributed by atoms with Crippen LogP contribution in [0.3, 0.4) is 0 Å². The van der Waals surface area contributed by atoms with Crippen molar-refractivity contribution in [3.63, 3.8) is 0 Å². The zero-order chi connectivity index (χ0) is 19.9. The molecule has 2 aliphatic rings. The second-order valence-electron chi connectivity index (χ2n) is 9.15. The number of fused-ring (bicyclic) bond motifs is 1. The van der Waals surface area contributed by atoms with Crippen LogP contribution in [0.15, 0.2) is 24.5 Å². The lowest BCUT2D eigenvalue weighted by molar-refractivity contribution is -0.148. The van der Waals surface area contributed by atoms with Crippen LogP contribution < -0.4 is 0 Å². The van der Waals surface area contributed by atoms with Gasteiger partial charge in [0.05, 0.1) is 0 Å². The number of aromatic nitrogens is 2. The van der Waals surface area contributed by atoms with Gasteiger partial charge >= 0.3 is 0 Å². The van der Waals surface area contributed by atoms with E-state index in [1.165, 1.54) is 10.9 Å². The molecule has 2 saturated heterocycles. The fraction of sp³-hybridized carbons (Fsp3) is 0.591. The van der Waals surface area contributed by atoms with Crippen molar-refractivity contribution in [2.45, 2.75) is 58.4 Å². The molecule has 0 bridgehead atoms. The Morgan fingerprint density at radius 3 is 2.61 bits per heavy atom. The number of hydrogen-bond donors (Lipinski definition) is 1. The molecule has 150 valence electrons. The number of likely N-dealkylation sites (tertiary alicyclic amines) is 2. The number of aromatic amines is 1. The van der Waals surface area contributed by atoms with E-state index in [1.807, 2.05) is 36.6 Å². The predicted molar refractivity (Wildman–Crippen MR) is 109 cm³/mol. The van der Waals surface area contributed by atoms with Gasteiger partial charge in [0, 0.05) is 42.8 Å². The summed E-state index contributed by atoms with van der Waals surface area (Å²) in [6.07, 6.45) is 7.48. The van der Waals surface area contributed by atoms with Crippen LogP contribution in [0, 0.1) is 5.41 Å². The van der Waals surface area contributed by atoms with Gasteiger partial charge in [-0.2, -0.15) is 0 Å². The summed E-state index contributed by atoms with van der Waals surface area (Å²) in [6.45, 7) is 7.99. The topological polar surface area (TPSA) is 69.3 Å². The summed E-state index contributed by atoms with van der Waals surface area (Å²) in [4.78, 5) is 37.3. The third-order valence-electron chi connectivity index (χ3n) is 6.17. The summed E-state index contributed by atoms with van der Waals surface area (Å²) in [6, 6.07) is 3.81. The second kappa shape index (κ2) is 7.22. The Balaban J connectivity index is 1.42. The summed E-state index contributed by atoms with van der Waals surface area (Å²) in [5.41, 5.74) is 1.79. The Morgan fingerprint density at radius 2 is 1.89 bits per heavy atom. The number of hydrogen-bond acceptors (Lipinski definition) is 3. The van der Waals surface area contributed by atoms with E-state index in [9.17, 15) is 9.59 Å². The van der Waals surface area contributed by atoms with Crippen LogP contribution in [-0.2, 0) is 9.59 Å². The lowest BCUT2D eigenvalue weighted by Crippen LogP contribution is -2.52. The van der Waals surface area contributed by atoms with Crippen LogP contribution in [0.1, 0.15) is 57.9 Å². The highest BCUT2D eigenvalue weighted by atomic mass is 16.2. The van der Waals surface area contributed by atoms with Crippen molar-refractivity contribution >= 4 is 22.8 Å². The van der Waals surface area contributed by atoms with E-state index in [0.29, 0.717) is 12.5 Å². The van der Waals surface area contributed by atoms with Crippen molar-refractivity contribution in [2.24, 2.45) is 5.41 Å². The standard InChI is InChI=1S/C22H30N4O2/c1-22(2,3)21(28)26-11-5-7-18(26)20(27)25-12-8-15(9-13-25)17-14-24-19-16(17)6-4-10-23-19/h4,6,10,14-15,18H,5,7-9,11-13H2,1-3H3,(H,23,24). The lowest BCUT2D eigenvalue weighted by atomic mass is 9.89. The van der Waals surface area contributed by atoms with Crippen molar-refractivity contribution in [3.05, 3.63) is 30.1 Å². The lowest BCUT2D eigenvalue weighted by Gasteiger charge is -2.37. The van der Waals surface area contributed by atoms with Crippen LogP contribution in [0.5, 0.6) is 0 Å². The van der Waals surface area contributed by atoms with Crippen molar-refractivity contribution in [1.82, 2.24) is 19.8 Å². The molecule has 4 heterocycles. The fourth-order valence-corrected chi connectivity index (χ4v) is 4.63. The maximum absolute atomic E-state index is 13.2. The molecule has 1 N–H and O–H groups in total. The summed E-state index contributed by atoms with van der Waals surface area (Å²) in [5.74, 6) is 0.663. The normalized spacial score (nSPS) is 21.5. The number of nitrogens with zero attached hydrogens (tertiary/aromatic N) is 3. The van der Waals surface area contributed by atoms with Crippen molar-refractivity contribution < 1.29 is 9.59 Å². The smallest absolute Gasteiger partial charge is 0.245 e. The monoisotopic (exact) mass is 382 g/mol. The van der Waals surface area contributed by atoms with Crippen molar-refractivity contribution in [1.29, 1.82) is 0 Å². The van der Waals surface area contributed by atoms with Crippen molar-refractivity contribution in [3.8, 4) is 0 Å². The molecule has 0 aromatic carbocycles. The number of rotatable bonds is 2. The molecule has 0 spiro atoms. The molecule has 0 saturated carbocycles. The molecule has 0 radical (unpaired) electrons. The average Bonchev–Trinajstić information content (AvgIpc) is 3.33. The minimum Gasteiger partial charge on any atom is -0.346 e. The van der Waals surface area contributed by atoms with Gasteiger partial charge in [-0.15, -0.1) is 0 Å². The average molecular weight is 383 g/mol. The molecule has 6 nitrogen and oxygen atoms in total. The van der Waals surface area contributed by atoms with Crippen molar-refractivity contribution in [2.75, 3.05) is 19.6 Å². The van der Waals surface area contributed by atoms with Gasteiger partial charge in [-0.25, -0.2) is 4.98 Å². The van der Waals surface area contributed by atoms with Crippen LogP contribution in [-0.4, -0.2) is 57.3 Å². The first-order chi connectivity index (χ1) is 13.4. The number of amides is 2. The Labute approximate surface area is 166 Å². The predicted octanol–water partition coefficient (Wildman–Crippen LogP) is 3.31. The summed E-state index contributed by atoms with van der Waals surface area (Å²) >= 11 is 0. The highest BCUT2D eigenvalue weighted by molar-refractivity contribution is 5.90. The van der Waals surface area contributed by atoms with E-state index in [2.05, 4.69) is 22.2 Å². The molecule has 2 aliphatic heterocycles. The quantitative estimate of drug-likeness (QED) is 0.866. The highest BCUT2D eigenvalue weighted by Gasteiger charge is 2.40. The van der Waals surface area contributed by atoms with E-state index in [0.717, 1.165) is 44.4 Å². The molecule has 6 heteroatoms. The molecule has 4 rings (SSSR count). The van der Waals surface area contributed by atoms with Gasteiger partial charge in [-0.3, -0.25) is 9.59 Å².